The first-order chi connectivity index (χ1) is 11.0. The number of nitrogens with zero attached hydrogens (tertiary/aromatic N) is 1. The number of amides is 1. The third-order valence-electron chi connectivity index (χ3n) is 4.79. The van der Waals surface area contributed by atoms with E-state index in [1.165, 1.54) is 31.5 Å². The van der Waals surface area contributed by atoms with Crippen molar-refractivity contribution in [2.24, 2.45) is 17.6 Å². The number of nitrogens with two attached hydrogens (primary N) is 1. The molecule has 0 bridgehead atoms. The second-order valence-corrected chi connectivity index (χ2v) is 7.26. The molecule has 136 valence electrons. The summed E-state index contributed by atoms with van der Waals surface area (Å²) in [6.45, 7) is 10.2. The molecular weight excluding hydrogens is 322 g/mol. The van der Waals surface area contributed by atoms with Gasteiger partial charge in [-0.1, -0.05) is 45.0 Å². The van der Waals surface area contributed by atoms with Crippen molar-refractivity contribution in [3.8, 4) is 0 Å². The summed E-state index contributed by atoms with van der Waals surface area (Å²) in [7, 11) is 0. The molecule has 1 aromatic rings. The highest BCUT2D eigenvalue weighted by Gasteiger charge is 2.17. The minimum Gasteiger partial charge on any atom is -0.351 e. The van der Waals surface area contributed by atoms with E-state index in [1.807, 2.05) is 13.8 Å². The molecule has 0 aromatic heterocycles. The number of halogens is 1. The van der Waals surface area contributed by atoms with Gasteiger partial charge in [-0.25, -0.2) is 0 Å². The molecule has 1 saturated heterocycles. The Morgan fingerprint density at radius 1 is 1.21 bits per heavy atom. The largest absolute Gasteiger partial charge is 0.351 e. The lowest BCUT2D eigenvalue weighted by molar-refractivity contribution is -0.123. The van der Waals surface area contributed by atoms with Crippen LogP contribution in [0.1, 0.15) is 44.7 Å². The summed E-state index contributed by atoms with van der Waals surface area (Å²) in [5.41, 5.74) is 8.30. The maximum atomic E-state index is 11.9. The van der Waals surface area contributed by atoms with Crippen LogP contribution in [0.25, 0.3) is 0 Å². The molecule has 24 heavy (non-hydrogen) atoms. The second-order valence-electron chi connectivity index (χ2n) is 7.26. The third-order valence-corrected chi connectivity index (χ3v) is 4.79. The number of benzene rings is 1. The number of likely N-dealkylation sites (tertiary alicyclic amines) is 1. The molecule has 1 heterocycles. The van der Waals surface area contributed by atoms with Gasteiger partial charge in [0.25, 0.3) is 0 Å². The SMILES string of the molecule is CC1CCN(Cc2ccc(CNC(=O)[C@@H](N)C(C)C)cc2)CC1.Cl. The van der Waals surface area contributed by atoms with E-state index in [1.54, 1.807) is 0 Å². The molecule has 1 amide bonds. The Hall–Kier alpha value is -1.10. The average molecular weight is 354 g/mol. The number of nitrogens with one attached hydrogen (secondary N) is 1. The van der Waals surface area contributed by atoms with E-state index < -0.39 is 6.04 Å². The molecule has 0 unspecified atom stereocenters. The molecule has 4 nitrogen and oxygen atoms in total. The first-order valence-electron chi connectivity index (χ1n) is 8.79. The summed E-state index contributed by atoms with van der Waals surface area (Å²) in [5.74, 6) is 0.950. The molecule has 0 aliphatic carbocycles. The van der Waals surface area contributed by atoms with Crippen molar-refractivity contribution in [3.05, 3.63) is 35.4 Å². The summed E-state index contributed by atoms with van der Waals surface area (Å²) in [5, 5.41) is 2.91. The van der Waals surface area contributed by atoms with Crippen molar-refractivity contribution in [1.29, 1.82) is 0 Å². The molecule has 1 atom stereocenters. The molecule has 3 N–H and O–H groups in total. The molecule has 2 rings (SSSR count). The topological polar surface area (TPSA) is 58.4 Å². The lowest BCUT2D eigenvalue weighted by Crippen LogP contribution is -2.43. The van der Waals surface area contributed by atoms with Gasteiger partial charge in [0.2, 0.25) is 5.91 Å². The Balaban J connectivity index is 0.00000288. The van der Waals surface area contributed by atoms with E-state index >= 15 is 0 Å². The van der Waals surface area contributed by atoms with Crippen LogP contribution in [-0.2, 0) is 17.9 Å². The number of piperidine rings is 1. The maximum absolute atomic E-state index is 11.9. The lowest BCUT2D eigenvalue weighted by atomic mass is 9.99. The molecule has 0 radical (unpaired) electrons. The summed E-state index contributed by atoms with van der Waals surface area (Å²) in [4.78, 5) is 14.4. The summed E-state index contributed by atoms with van der Waals surface area (Å²) in [6, 6.07) is 8.10. The third kappa shape index (κ3) is 6.42. The van der Waals surface area contributed by atoms with Gasteiger partial charge in [0, 0.05) is 13.1 Å². The van der Waals surface area contributed by atoms with Gasteiger partial charge in [0.05, 0.1) is 6.04 Å². The van der Waals surface area contributed by atoms with Crippen molar-refractivity contribution in [2.75, 3.05) is 13.1 Å². The number of hydrogen-bond donors (Lipinski definition) is 2. The van der Waals surface area contributed by atoms with E-state index in [0.717, 1.165) is 18.0 Å². The van der Waals surface area contributed by atoms with E-state index in [-0.39, 0.29) is 24.2 Å². The van der Waals surface area contributed by atoms with Crippen molar-refractivity contribution in [1.82, 2.24) is 10.2 Å². The quantitative estimate of drug-likeness (QED) is 0.826. The number of hydrogen-bond acceptors (Lipinski definition) is 3. The molecule has 1 aliphatic rings. The fourth-order valence-electron chi connectivity index (χ4n) is 2.85. The fraction of sp³-hybridized carbons (Fsp3) is 0.632. The molecular formula is C19H32ClN3O. The van der Waals surface area contributed by atoms with Gasteiger partial charge in [-0.3, -0.25) is 9.69 Å². The lowest BCUT2D eigenvalue weighted by Gasteiger charge is -2.30. The monoisotopic (exact) mass is 353 g/mol. The van der Waals surface area contributed by atoms with Gasteiger partial charge in [-0.2, -0.15) is 0 Å². The Morgan fingerprint density at radius 2 is 1.75 bits per heavy atom. The zero-order valence-corrected chi connectivity index (χ0v) is 15.9. The fourth-order valence-corrected chi connectivity index (χ4v) is 2.85. The van der Waals surface area contributed by atoms with Crippen molar-refractivity contribution >= 4 is 18.3 Å². The van der Waals surface area contributed by atoms with Crippen LogP contribution in [-0.4, -0.2) is 29.9 Å². The number of carbonyl (C=O) groups is 1. The Kier molecular flexibility index (Phi) is 8.74. The van der Waals surface area contributed by atoms with E-state index in [0.29, 0.717) is 6.54 Å². The van der Waals surface area contributed by atoms with Crippen LogP contribution in [0.4, 0.5) is 0 Å². The first-order valence-corrected chi connectivity index (χ1v) is 8.79. The average Bonchev–Trinajstić information content (AvgIpc) is 2.55. The van der Waals surface area contributed by atoms with Crippen LogP contribution >= 0.6 is 12.4 Å². The predicted octanol–water partition coefficient (Wildman–Crippen LogP) is 2.94. The molecule has 5 heteroatoms. The standard InChI is InChI=1S/C19H31N3O.ClH/c1-14(2)18(20)19(23)21-12-16-4-6-17(7-5-16)13-22-10-8-15(3)9-11-22;/h4-7,14-15,18H,8-13,20H2,1-3H3,(H,21,23);1H/t18-;/m0./s1. The van der Waals surface area contributed by atoms with Crippen LogP contribution in [0, 0.1) is 11.8 Å². The van der Waals surface area contributed by atoms with Crippen molar-refractivity contribution < 1.29 is 4.79 Å². The van der Waals surface area contributed by atoms with E-state index in [4.69, 9.17) is 5.73 Å². The predicted molar refractivity (Wildman–Crippen MR) is 102 cm³/mol. The Labute approximate surface area is 152 Å². The van der Waals surface area contributed by atoms with Gasteiger partial charge in [0.1, 0.15) is 0 Å². The van der Waals surface area contributed by atoms with Crippen LogP contribution in [0.5, 0.6) is 0 Å². The van der Waals surface area contributed by atoms with Crippen molar-refractivity contribution in [2.45, 2.75) is 52.7 Å². The highest BCUT2D eigenvalue weighted by molar-refractivity contribution is 5.85. The summed E-state index contributed by atoms with van der Waals surface area (Å²) < 4.78 is 0. The smallest absolute Gasteiger partial charge is 0.237 e. The highest BCUT2D eigenvalue weighted by atomic mass is 35.5. The van der Waals surface area contributed by atoms with Crippen LogP contribution in [0.2, 0.25) is 0 Å². The number of rotatable bonds is 6. The van der Waals surface area contributed by atoms with Gasteiger partial charge in [-0.05, 0) is 48.9 Å². The minimum atomic E-state index is -0.434. The second kappa shape index (κ2) is 10.0. The zero-order valence-electron chi connectivity index (χ0n) is 15.1. The molecule has 1 fully saturated rings. The van der Waals surface area contributed by atoms with E-state index in [9.17, 15) is 4.79 Å². The minimum absolute atomic E-state index is 0. The van der Waals surface area contributed by atoms with Crippen molar-refractivity contribution in [3.63, 3.8) is 0 Å². The summed E-state index contributed by atoms with van der Waals surface area (Å²) in [6.07, 6.45) is 2.61. The van der Waals surface area contributed by atoms with E-state index in [2.05, 4.69) is 41.4 Å². The summed E-state index contributed by atoms with van der Waals surface area (Å²) >= 11 is 0. The Bertz CT molecular complexity index is 496. The zero-order chi connectivity index (χ0) is 16.8. The van der Waals surface area contributed by atoms with Gasteiger partial charge in [-0.15, -0.1) is 12.4 Å². The van der Waals surface area contributed by atoms with Crippen LogP contribution in [0.3, 0.4) is 0 Å². The number of carbonyl (C=O) groups excluding carboxylic acids is 1. The Morgan fingerprint density at radius 3 is 2.29 bits per heavy atom. The molecule has 0 spiro atoms. The molecule has 0 saturated carbocycles. The van der Waals surface area contributed by atoms with Crippen LogP contribution < -0.4 is 11.1 Å². The van der Waals surface area contributed by atoms with Crippen LogP contribution in [0.15, 0.2) is 24.3 Å². The van der Waals surface area contributed by atoms with Gasteiger partial charge >= 0.3 is 0 Å². The normalized spacial score (nSPS) is 17.4. The molecule has 1 aliphatic heterocycles. The maximum Gasteiger partial charge on any atom is 0.237 e. The molecule has 1 aromatic carbocycles. The van der Waals surface area contributed by atoms with Gasteiger partial charge < -0.3 is 11.1 Å². The highest BCUT2D eigenvalue weighted by Crippen LogP contribution is 2.18. The van der Waals surface area contributed by atoms with Gasteiger partial charge in [0.15, 0.2) is 0 Å². The first kappa shape index (κ1) is 20.9.